The third kappa shape index (κ3) is 3.20. The molecule has 0 aliphatic rings. The molecule has 1 N–H and O–H groups in total. The summed E-state index contributed by atoms with van der Waals surface area (Å²) in [4.78, 5) is 10.5. The molecule has 18 heavy (non-hydrogen) atoms. The summed E-state index contributed by atoms with van der Waals surface area (Å²) in [5, 5.41) is 14.1. The first kappa shape index (κ1) is 14.4. The normalized spacial score (nSPS) is 14.1. The lowest BCUT2D eigenvalue weighted by molar-refractivity contribution is -0.385. The number of aryl methyl sites for hydroxylation is 2. The summed E-state index contributed by atoms with van der Waals surface area (Å²) in [6.07, 6.45) is 0.0694. The summed E-state index contributed by atoms with van der Waals surface area (Å²) >= 11 is 0. The van der Waals surface area contributed by atoms with E-state index in [4.69, 9.17) is 4.74 Å². The van der Waals surface area contributed by atoms with Crippen LogP contribution in [0.5, 0.6) is 0 Å². The molecule has 0 radical (unpaired) electrons. The molecule has 0 bridgehead atoms. The van der Waals surface area contributed by atoms with Crippen molar-refractivity contribution in [1.82, 2.24) is 0 Å². The Bertz CT molecular complexity index is 446. The molecule has 1 aromatic rings. The molecule has 0 fully saturated rings. The molecule has 0 saturated heterocycles. The van der Waals surface area contributed by atoms with Crippen LogP contribution < -0.4 is 5.32 Å². The van der Waals surface area contributed by atoms with E-state index >= 15 is 0 Å². The van der Waals surface area contributed by atoms with Crippen molar-refractivity contribution < 1.29 is 9.66 Å². The molecule has 0 saturated carbocycles. The minimum Gasteiger partial charge on any atom is -0.380 e. The summed E-state index contributed by atoms with van der Waals surface area (Å²) in [6, 6.07) is 3.54. The molecule has 5 heteroatoms. The Kier molecular flexibility index (Phi) is 4.67. The Morgan fingerprint density at radius 1 is 1.28 bits per heavy atom. The highest BCUT2D eigenvalue weighted by Crippen LogP contribution is 2.26. The predicted octanol–water partition coefficient (Wildman–Crippen LogP) is 3.05. The van der Waals surface area contributed by atoms with Crippen molar-refractivity contribution in [2.45, 2.75) is 39.8 Å². The topological polar surface area (TPSA) is 64.4 Å². The zero-order chi connectivity index (χ0) is 13.9. The van der Waals surface area contributed by atoms with Gasteiger partial charge in [0, 0.05) is 30.5 Å². The second kappa shape index (κ2) is 5.82. The summed E-state index contributed by atoms with van der Waals surface area (Å²) < 4.78 is 5.25. The van der Waals surface area contributed by atoms with Gasteiger partial charge < -0.3 is 10.1 Å². The first-order valence-corrected chi connectivity index (χ1v) is 5.91. The molecule has 1 aromatic carbocycles. The fraction of sp³-hybridized carbons (Fsp3) is 0.538. The van der Waals surface area contributed by atoms with Gasteiger partial charge in [-0.05, 0) is 39.3 Å². The van der Waals surface area contributed by atoms with Gasteiger partial charge in [-0.15, -0.1) is 0 Å². The third-order valence-corrected chi connectivity index (χ3v) is 3.20. The molecular formula is C13H20N2O3. The number of methoxy groups -OCH3 is 1. The SMILES string of the molecule is COC(C)C(C)Nc1cc(C)c([N+](=O)[O-])cc1C. The lowest BCUT2D eigenvalue weighted by atomic mass is 10.1. The van der Waals surface area contributed by atoms with E-state index in [1.54, 1.807) is 20.1 Å². The van der Waals surface area contributed by atoms with Crippen molar-refractivity contribution in [3.05, 3.63) is 33.4 Å². The molecule has 100 valence electrons. The first-order valence-electron chi connectivity index (χ1n) is 5.91. The van der Waals surface area contributed by atoms with E-state index in [1.165, 1.54) is 0 Å². The van der Waals surface area contributed by atoms with Crippen LogP contribution in [-0.2, 0) is 4.74 Å². The number of benzene rings is 1. The van der Waals surface area contributed by atoms with Crippen LogP contribution in [0.1, 0.15) is 25.0 Å². The lowest BCUT2D eigenvalue weighted by Crippen LogP contribution is -2.30. The van der Waals surface area contributed by atoms with E-state index in [9.17, 15) is 10.1 Å². The number of nitro benzene ring substituents is 1. The quantitative estimate of drug-likeness (QED) is 0.646. The maximum atomic E-state index is 10.8. The molecule has 1 rings (SSSR count). The largest absolute Gasteiger partial charge is 0.380 e. The van der Waals surface area contributed by atoms with Gasteiger partial charge in [0.15, 0.2) is 0 Å². The van der Waals surface area contributed by atoms with Gasteiger partial charge in [0.05, 0.1) is 11.0 Å². The molecule has 0 amide bonds. The van der Waals surface area contributed by atoms with E-state index < -0.39 is 0 Å². The van der Waals surface area contributed by atoms with Gasteiger partial charge in [-0.2, -0.15) is 0 Å². The number of nitro groups is 1. The van der Waals surface area contributed by atoms with Gasteiger partial charge in [0.25, 0.3) is 5.69 Å². The minimum absolute atomic E-state index is 0.0694. The highest BCUT2D eigenvalue weighted by atomic mass is 16.6. The average Bonchev–Trinajstić information content (AvgIpc) is 2.31. The van der Waals surface area contributed by atoms with Crippen LogP contribution in [0.15, 0.2) is 12.1 Å². The number of anilines is 1. The van der Waals surface area contributed by atoms with Gasteiger partial charge in [0.2, 0.25) is 0 Å². The fourth-order valence-corrected chi connectivity index (χ4v) is 1.72. The minimum atomic E-state index is -0.354. The van der Waals surface area contributed by atoms with E-state index in [1.807, 2.05) is 26.8 Å². The van der Waals surface area contributed by atoms with Crippen molar-refractivity contribution in [3.8, 4) is 0 Å². The van der Waals surface area contributed by atoms with Gasteiger partial charge in [-0.3, -0.25) is 10.1 Å². The average molecular weight is 252 g/mol. The smallest absolute Gasteiger partial charge is 0.272 e. The monoisotopic (exact) mass is 252 g/mol. The standard InChI is InChI=1S/C13H20N2O3/c1-8-7-13(15(16)17)9(2)6-12(8)14-10(3)11(4)18-5/h6-7,10-11,14H,1-5H3. The maximum absolute atomic E-state index is 10.8. The van der Waals surface area contributed by atoms with Crippen molar-refractivity contribution in [2.75, 3.05) is 12.4 Å². The molecule has 0 aliphatic carbocycles. The first-order chi connectivity index (χ1) is 8.36. The van der Waals surface area contributed by atoms with Gasteiger partial charge in [0.1, 0.15) is 0 Å². The fourth-order valence-electron chi connectivity index (χ4n) is 1.72. The summed E-state index contributed by atoms with van der Waals surface area (Å²) in [7, 11) is 1.66. The molecule has 0 spiro atoms. The lowest BCUT2D eigenvalue weighted by Gasteiger charge is -2.22. The van der Waals surface area contributed by atoms with Crippen molar-refractivity contribution in [1.29, 1.82) is 0 Å². The van der Waals surface area contributed by atoms with Gasteiger partial charge >= 0.3 is 0 Å². The highest BCUT2D eigenvalue weighted by molar-refractivity contribution is 5.59. The van der Waals surface area contributed by atoms with Crippen LogP contribution in [-0.4, -0.2) is 24.2 Å². The van der Waals surface area contributed by atoms with E-state index in [2.05, 4.69) is 5.32 Å². The Morgan fingerprint density at radius 2 is 1.89 bits per heavy atom. The molecule has 0 aromatic heterocycles. The number of nitrogens with zero attached hydrogens (tertiary/aromatic N) is 1. The molecule has 2 unspecified atom stereocenters. The second-order valence-corrected chi connectivity index (χ2v) is 4.58. The van der Waals surface area contributed by atoms with Crippen molar-refractivity contribution in [3.63, 3.8) is 0 Å². The Morgan fingerprint density at radius 3 is 2.39 bits per heavy atom. The van der Waals surface area contributed by atoms with Crippen LogP contribution >= 0.6 is 0 Å². The maximum Gasteiger partial charge on any atom is 0.272 e. The summed E-state index contributed by atoms with van der Waals surface area (Å²) in [6.45, 7) is 7.60. The molecule has 5 nitrogen and oxygen atoms in total. The number of hydrogen-bond acceptors (Lipinski definition) is 4. The van der Waals surface area contributed by atoms with Crippen molar-refractivity contribution >= 4 is 11.4 Å². The Balaban J connectivity index is 2.98. The summed E-state index contributed by atoms with van der Waals surface area (Å²) in [5.74, 6) is 0. The highest BCUT2D eigenvalue weighted by Gasteiger charge is 2.16. The Hall–Kier alpha value is -1.62. The number of rotatable bonds is 5. The second-order valence-electron chi connectivity index (χ2n) is 4.58. The zero-order valence-electron chi connectivity index (χ0n) is 11.5. The molecule has 0 aliphatic heterocycles. The van der Waals surface area contributed by atoms with Gasteiger partial charge in [-0.25, -0.2) is 0 Å². The van der Waals surface area contributed by atoms with Crippen LogP contribution in [0.3, 0.4) is 0 Å². The summed E-state index contributed by atoms with van der Waals surface area (Å²) in [5.41, 5.74) is 2.59. The molecule has 0 heterocycles. The number of hydrogen-bond donors (Lipinski definition) is 1. The van der Waals surface area contributed by atoms with Crippen LogP contribution in [0, 0.1) is 24.0 Å². The number of nitrogens with one attached hydrogen (secondary N) is 1. The van der Waals surface area contributed by atoms with E-state index in [0.29, 0.717) is 5.56 Å². The third-order valence-electron chi connectivity index (χ3n) is 3.20. The van der Waals surface area contributed by atoms with Crippen LogP contribution in [0.2, 0.25) is 0 Å². The predicted molar refractivity (Wildman–Crippen MR) is 72.1 cm³/mol. The Labute approximate surface area is 107 Å². The van der Waals surface area contributed by atoms with Crippen LogP contribution in [0.25, 0.3) is 0 Å². The molecule has 2 atom stereocenters. The van der Waals surface area contributed by atoms with E-state index in [0.717, 1.165) is 11.3 Å². The van der Waals surface area contributed by atoms with E-state index in [-0.39, 0.29) is 22.8 Å². The zero-order valence-corrected chi connectivity index (χ0v) is 11.5. The van der Waals surface area contributed by atoms with Crippen molar-refractivity contribution in [2.24, 2.45) is 0 Å². The van der Waals surface area contributed by atoms with Crippen LogP contribution in [0.4, 0.5) is 11.4 Å². The van der Waals surface area contributed by atoms with Gasteiger partial charge in [-0.1, -0.05) is 0 Å². The number of ether oxygens (including phenoxy) is 1. The molecular weight excluding hydrogens is 232 g/mol.